The third-order valence-corrected chi connectivity index (χ3v) is 5.41. The van der Waals surface area contributed by atoms with Crippen LogP contribution in [-0.2, 0) is 4.74 Å². The predicted octanol–water partition coefficient (Wildman–Crippen LogP) is 2.62. The van der Waals surface area contributed by atoms with E-state index >= 15 is 0 Å². The maximum absolute atomic E-state index is 10.8. The lowest BCUT2D eigenvalue weighted by molar-refractivity contribution is 0.0254. The molecule has 2 saturated heterocycles. The zero-order valence-electron chi connectivity index (χ0n) is 10.0. The van der Waals surface area contributed by atoms with E-state index in [0.717, 1.165) is 50.6 Å². The van der Waals surface area contributed by atoms with Crippen molar-refractivity contribution in [2.75, 3.05) is 31.2 Å². The molecule has 1 aromatic heterocycles. The molecule has 0 radical (unpaired) electrons. The van der Waals surface area contributed by atoms with Crippen LogP contribution in [0.4, 0.5) is 5.13 Å². The van der Waals surface area contributed by atoms with E-state index in [2.05, 4.69) is 9.88 Å². The Morgan fingerprint density at radius 2 is 2.17 bits per heavy atom. The Morgan fingerprint density at radius 3 is 2.83 bits per heavy atom. The van der Waals surface area contributed by atoms with Crippen LogP contribution in [0.1, 0.15) is 28.9 Å². The summed E-state index contributed by atoms with van der Waals surface area (Å²) in [6, 6.07) is 0. The monoisotopic (exact) mass is 286 g/mol. The highest BCUT2D eigenvalue weighted by atomic mass is 35.5. The van der Waals surface area contributed by atoms with E-state index in [9.17, 15) is 4.79 Å². The van der Waals surface area contributed by atoms with Crippen molar-refractivity contribution >= 4 is 34.4 Å². The molecule has 2 aliphatic rings. The van der Waals surface area contributed by atoms with Crippen molar-refractivity contribution in [1.29, 1.82) is 0 Å². The minimum Gasteiger partial charge on any atom is -0.381 e. The van der Waals surface area contributed by atoms with Crippen LogP contribution in [0.15, 0.2) is 0 Å². The molecule has 0 saturated carbocycles. The van der Waals surface area contributed by atoms with Gasteiger partial charge in [0.15, 0.2) is 16.6 Å². The SMILES string of the molecule is O=Cc1sc(N2CCC3(CCOCC3)C2)nc1Cl. The van der Waals surface area contributed by atoms with Crippen molar-refractivity contribution < 1.29 is 9.53 Å². The van der Waals surface area contributed by atoms with Crippen molar-refractivity contribution in [3.63, 3.8) is 0 Å². The lowest BCUT2D eigenvalue weighted by Crippen LogP contribution is -2.32. The molecule has 0 unspecified atom stereocenters. The average Bonchev–Trinajstić information content (AvgIpc) is 2.95. The van der Waals surface area contributed by atoms with Gasteiger partial charge in [-0.05, 0) is 24.7 Å². The summed E-state index contributed by atoms with van der Waals surface area (Å²) in [5.74, 6) is 0. The Balaban J connectivity index is 1.76. The highest BCUT2D eigenvalue weighted by Gasteiger charge is 2.40. The number of aromatic nitrogens is 1. The zero-order chi connectivity index (χ0) is 12.6. The Bertz CT molecular complexity index is 457. The van der Waals surface area contributed by atoms with Crippen molar-refractivity contribution in [2.24, 2.45) is 5.41 Å². The van der Waals surface area contributed by atoms with Crippen LogP contribution < -0.4 is 4.90 Å². The number of halogens is 1. The second kappa shape index (κ2) is 4.79. The summed E-state index contributed by atoms with van der Waals surface area (Å²) in [6.45, 7) is 3.75. The van der Waals surface area contributed by atoms with Crippen molar-refractivity contribution in [3.8, 4) is 0 Å². The third-order valence-electron chi connectivity index (χ3n) is 3.97. The number of thiazole rings is 1. The van der Waals surface area contributed by atoms with E-state index in [4.69, 9.17) is 16.3 Å². The Kier molecular flexibility index (Phi) is 3.30. The number of carbonyl (C=O) groups is 1. The summed E-state index contributed by atoms with van der Waals surface area (Å²) < 4.78 is 5.44. The molecule has 0 amide bonds. The molecule has 18 heavy (non-hydrogen) atoms. The molecule has 3 rings (SSSR count). The van der Waals surface area contributed by atoms with Crippen LogP contribution in [0.2, 0.25) is 5.15 Å². The van der Waals surface area contributed by atoms with Crippen LogP contribution >= 0.6 is 22.9 Å². The van der Waals surface area contributed by atoms with Gasteiger partial charge in [0.2, 0.25) is 0 Å². The number of hydrogen-bond donors (Lipinski definition) is 0. The highest BCUT2D eigenvalue weighted by Crippen LogP contribution is 2.42. The van der Waals surface area contributed by atoms with E-state index in [1.807, 2.05) is 0 Å². The average molecular weight is 287 g/mol. The topological polar surface area (TPSA) is 42.4 Å². The maximum atomic E-state index is 10.8. The van der Waals surface area contributed by atoms with Gasteiger partial charge >= 0.3 is 0 Å². The Hall–Kier alpha value is -0.650. The molecule has 6 heteroatoms. The smallest absolute Gasteiger partial charge is 0.187 e. The first-order valence-electron chi connectivity index (χ1n) is 6.17. The summed E-state index contributed by atoms with van der Waals surface area (Å²) in [4.78, 5) is 17.9. The van der Waals surface area contributed by atoms with Gasteiger partial charge in [-0.25, -0.2) is 4.98 Å². The van der Waals surface area contributed by atoms with E-state index in [0.29, 0.717) is 15.4 Å². The van der Waals surface area contributed by atoms with Crippen LogP contribution in [0.25, 0.3) is 0 Å². The van der Waals surface area contributed by atoms with Gasteiger partial charge < -0.3 is 9.64 Å². The van der Waals surface area contributed by atoms with Gasteiger partial charge in [0.05, 0.1) is 0 Å². The number of ether oxygens (including phenoxy) is 1. The predicted molar refractivity (Wildman–Crippen MR) is 71.8 cm³/mol. The summed E-state index contributed by atoms with van der Waals surface area (Å²) in [5, 5.41) is 1.21. The standard InChI is InChI=1S/C12H15ClN2O2S/c13-10-9(7-16)18-11(14-10)15-4-1-12(8-15)2-5-17-6-3-12/h7H,1-6,8H2. The second-order valence-electron chi connectivity index (χ2n) is 5.05. The fraction of sp³-hybridized carbons (Fsp3) is 0.667. The van der Waals surface area contributed by atoms with E-state index in [-0.39, 0.29) is 0 Å². The summed E-state index contributed by atoms with van der Waals surface area (Å²) in [7, 11) is 0. The fourth-order valence-electron chi connectivity index (χ4n) is 2.82. The zero-order valence-corrected chi connectivity index (χ0v) is 11.6. The summed E-state index contributed by atoms with van der Waals surface area (Å²) in [6.07, 6.45) is 4.22. The molecular formula is C12H15ClN2O2S. The first-order chi connectivity index (χ1) is 8.72. The van der Waals surface area contributed by atoms with Gasteiger partial charge in [-0.1, -0.05) is 22.9 Å². The lowest BCUT2D eigenvalue weighted by atomic mass is 9.80. The third kappa shape index (κ3) is 2.15. The molecule has 0 bridgehead atoms. The van der Waals surface area contributed by atoms with Gasteiger partial charge in [-0.2, -0.15) is 0 Å². The molecule has 3 heterocycles. The molecule has 4 nitrogen and oxygen atoms in total. The van der Waals surface area contributed by atoms with Gasteiger partial charge in [0.1, 0.15) is 4.88 Å². The number of anilines is 1. The molecule has 0 N–H and O–H groups in total. The maximum Gasteiger partial charge on any atom is 0.187 e. The first-order valence-corrected chi connectivity index (χ1v) is 7.36. The second-order valence-corrected chi connectivity index (χ2v) is 6.42. The van der Waals surface area contributed by atoms with E-state index in [1.165, 1.54) is 17.8 Å². The number of hydrogen-bond acceptors (Lipinski definition) is 5. The van der Waals surface area contributed by atoms with E-state index in [1.54, 1.807) is 0 Å². The molecule has 0 aromatic carbocycles. The fourth-order valence-corrected chi connectivity index (χ4v) is 3.91. The molecule has 1 aromatic rings. The van der Waals surface area contributed by atoms with Crippen LogP contribution in [0, 0.1) is 5.41 Å². The molecule has 2 fully saturated rings. The number of aldehydes is 1. The van der Waals surface area contributed by atoms with Gasteiger partial charge in [0.25, 0.3) is 0 Å². The number of nitrogens with zero attached hydrogens (tertiary/aromatic N) is 2. The van der Waals surface area contributed by atoms with Gasteiger partial charge in [-0.15, -0.1) is 0 Å². The van der Waals surface area contributed by atoms with E-state index < -0.39 is 0 Å². The van der Waals surface area contributed by atoms with Crippen LogP contribution in [-0.4, -0.2) is 37.6 Å². The van der Waals surface area contributed by atoms with Crippen LogP contribution in [0.3, 0.4) is 0 Å². The van der Waals surface area contributed by atoms with Gasteiger partial charge in [-0.3, -0.25) is 4.79 Å². The normalized spacial score (nSPS) is 22.6. The Morgan fingerprint density at radius 1 is 1.39 bits per heavy atom. The molecule has 0 aliphatic carbocycles. The van der Waals surface area contributed by atoms with Crippen molar-refractivity contribution in [1.82, 2.24) is 4.98 Å². The molecule has 2 aliphatic heterocycles. The quantitative estimate of drug-likeness (QED) is 0.784. The molecule has 1 spiro atoms. The minimum atomic E-state index is 0.331. The van der Waals surface area contributed by atoms with Gasteiger partial charge in [0, 0.05) is 26.3 Å². The van der Waals surface area contributed by atoms with Crippen molar-refractivity contribution in [2.45, 2.75) is 19.3 Å². The number of rotatable bonds is 2. The largest absolute Gasteiger partial charge is 0.381 e. The molecule has 98 valence electrons. The van der Waals surface area contributed by atoms with Crippen molar-refractivity contribution in [3.05, 3.63) is 10.0 Å². The number of carbonyl (C=O) groups excluding carboxylic acids is 1. The molecular weight excluding hydrogens is 272 g/mol. The summed E-state index contributed by atoms with van der Waals surface area (Å²) >= 11 is 7.31. The minimum absolute atomic E-state index is 0.331. The first kappa shape index (κ1) is 12.4. The van der Waals surface area contributed by atoms with Crippen LogP contribution in [0.5, 0.6) is 0 Å². The summed E-state index contributed by atoms with van der Waals surface area (Å²) in [5.41, 5.74) is 0.387. The molecule has 0 atom stereocenters. The lowest BCUT2D eigenvalue weighted by Gasteiger charge is -2.33. The Labute approximate surface area is 115 Å². The highest BCUT2D eigenvalue weighted by molar-refractivity contribution is 7.17.